The molecule has 2 heterocycles. The molecule has 0 fully saturated rings. The van der Waals surface area contributed by atoms with Gasteiger partial charge >= 0.3 is 12.0 Å². The molecule has 1 aliphatic heterocycles. The zero-order valence-corrected chi connectivity index (χ0v) is 17.1. The first-order chi connectivity index (χ1) is 14.4. The molecule has 2 atom stereocenters. The van der Waals surface area contributed by atoms with Crippen LogP contribution in [-0.2, 0) is 16.1 Å². The van der Waals surface area contributed by atoms with Gasteiger partial charge in [-0.3, -0.25) is 0 Å². The number of halogens is 1. The smallest absolute Gasteiger partial charge is 0.338 e. The van der Waals surface area contributed by atoms with Gasteiger partial charge in [-0.1, -0.05) is 0 Å². The van der Waals surface area contributed by atoms with E-state index in [-0.39, 0.29) is 17.9 Å². The molecule has 30 heavy (non-hydrogen) atoms. The van der Waals surface area contributed by atoms with E-state index in [4.69, 9.17) is 13.9 Å². The van der Waals surface area contributed by atoms with Crippen molar-refractivity contribution in [2.45, 2.75) is 19.5 Å². The van der Waals surface area contributed by atoms with Gasteiger partial charge in [0, 0.05) is 5.56 Å². The predicted molar refractivity (Wildman–Crippen MR) is 105 cm³/mol. The lowest BCUT2D eigenvalue weighted by molar-refractivity contribution is -0.889. The van der Waals surface area contributed by atoms with Crippen molar-refractivity contribution in [1.82, 2.24) is 10.6 Å². The third-order valence-electron chi connectivity index (χ3n) is 4.68. The van der Waals surface area contributed by atoms with Gasteiger partial charge < -0.3 is 29.4 Å². The van der Waals surface area contributed by atoms with E-state index in [1.165, 1.54) is 19.4 Å². The Balaban J connectivity index is 1.86. The van der Waals surface area contributed by atoms with Crippen LogP contribution in [0.25, 0.3) is 0 Å². The van der Waals surface area contributed by atoms with Crippen LogP contribution in [0.4, 0.5) is 9.18 Å². The molecule has 2 amide bonds. The average molecular weight is 418 g/mol. The molecule has 160 valence electrons. The summed E-state index contributed by atoms with van der Waals surface area (Å²) < 4.78 is 29.6. The van der Waals surface area contributed by atoms with E-state index in [2.05, 4.69) is 10.6 Å². The van der Waals surface area contributed by atoms with E-state index in [0.717, 1.165) is 10.5 Å². The van der Waals surface area contributed by atoms with E-state index in [1.807, 2.05) is 7.05 Å². The van der Waals surface area contributed by atoms with E-state index in [0.29, 0.717) is 24.5 Å². The fraction of sp³-hybridized carbons (Fsp3) is 0.333. The Morgan fingerprint density at radius 3 is 2.73 bits per heavy atom. The highest BCUT2D eigenvalue weighted by molar-refractivity contribution is 5.95. The topological polar surface area (TPSA) is 94.2 Å². The molecule has 0 spiro atoms. The molecular formula is C21H25FN3O5+. The summed E-state index contributed by atoms with van der Waals surface area (Å²) in [6, 6.07) is 6.93. The van der Waals surface area contributed by atoms with Crippen molar-refractivity contribution < 1.29 is 32.8 Å². The first-order valence-electron chi connectivity index (χ1n) is 9.57. The number of nitrogens with one attached hydrogen (secondary N) is 3. The number of likely N-dealkylation sites (N-methyl/N-ethyl adjacent to an activating group) is 1. The van der Waals surface area contributed by atoms with Gasteiger partial charge in [0.1, 0.15) is 24.9 Å². The molecule has 0 bridgehead atoms. The molecule has 0 saturated heterocycles. The van der Waals surface area contributed by atoms with Crippen molar-refractivity contribution in [3.63, 3.8) is 0 Å². The molecule has 0 saturated carbocycles. The Morgan fingerprint density at radius 1 is 1.30 bits per heavy atom. The minimum atomic E-state index is -0.756. The molecule has 8 nitrogen and oxygen atoms in total. The Bertz CT molecular complexity index is 942. The standard InChI is InChI=1S/C21H24FN3O5/c1-4-29-20(26)18-15(23-21(27)24-19(18)17-6-5-9-30-17)12-25(2)11-13-7-8-16(28-3)14(22)10-13/h5-10,19H,4,11-12H2,1-3H3,(H2,23,24,27)/p+1/t19-/m1/s1. The van der Waals surface area contributed by atoms with Crippen molar-refractivity contribution in [2.75, 3.05) is 27.3 Å². The molecule has 0 radical (unpaired) electrons. The summed E-state index contributed by atoms with van der Waals surface area (Å²) >= 11 is 0. The SMILES string of the molecule is CCOC(=O)C1=C(C[NH+](C)Cc2ccc(OC)c(F)c2)NC(=O)N[C@@H]1c1ccco1. The van der Waals surface area contributed by atoms with E-state index in [1.54, 1.807) is 31.2 Å². The molecule has 1 aromatic carbocycles. The summed E-state index contributed by atoms with van der Waals surface area (Å²) in [4.78, 5) is 25.9. The van der Waals surface area contributed by atoms with Gasteiger partial charge in [0.25, 0.3) is 0 Å². The molecule has 1 unspecified atom stereocenters. The number of hydrogen-bond donors (Lipinski definition) is 3. The summed E-state index contributed by atoms with van der Waals surface area (Å²) in [5, 5.41) is 5.42. The lowest BCUT2D eigenvalue weighted by atomic mass is 10.00. The number of carbonyl (C=O) groups is 2. The second-order valence-corrected chi connectivity index (χ2v) is 6.94. The summed E-state index contributed by atoms with van der Waals surface area (Å²) in [5.41, 5.74) is 1.48. The maximum absolute atomic E-state index is 14.0. The zero-order chi connectivity index (χ0) is 21.7. The number of esters is 1. The average Bonchev–Trinajstić information content (AvgIpc) is 3.22. The van der Waals surface area contributed by atoms with Crippen molar-refractivity contribution in [3.8, 4) is 5.75 Å². The van der Waals surface area contributed by atoms with Crippen LogP contribution >= 0.6 is 0 Å². The number of methoxy groups -OCH3 is 1. The second kappa shape index (κ2) is 9.45. The van der Waals surface area contributed by atoms with Gasteiger partial charge in [-0.25, -0.2) is 14.0 Å². The van der Waals surface area contributed by atoms with Crippen LogP contribution in [0, 0.1) is 5.82 Å². The lowest BCUT2D eigenvalue weighted by Crippen LogP contribution is -3.08. The highest BCUT2D eigenvalue weighted by atomic mass is 19.1. The van der Waals surface area contributed by atoms with E-state index in [9.17, 15) is 14.0 Å². The van der Waals surface area contributed by atoms with Crippen LogP contribution in [0.3, 0.4) is 0 Å². The van der Waals surface area contributed by atoms with Crippen LogP contribution in [0.15, 0.2) is 52.3 Å². The predicted octanol–water partition coefficient (Wildman–Crippen LogP) is 1.31. The Hall–Kier alpha value is -3.33. The molecule has 2 aromatic rings. The Morgan fingerprint density at radius 2 is 2.10 bits per heavy atom. The largest absolute Gasteiger partial charge is 0.494 e. The summed E-state index contributed by atoms with van der Waals surface area (Å²) in [5.74, 6) is -0.372. The first kappa shape index (κ1) is 21.4. The van der Waals surface area contributed by atoms with Gasteiger partial charge in [0.05, 0.1) is 38.3 Å². The molecule has 9 heteroatoms. The third-order valence-corrected chi connectivity index (χ3v) is 4.68. The number of furan rings is 1. The van der Waals surface area contributed by atoms with Crippen LogP contribution in [0.5, 0.6) is 5.75 Å². The fourth-order valence-corrected chi connectivity index (χ4v) is 3.41. The second-order valence-electron chi connectivity index (χ2n) is 6.94. The number of amides is 2. The highest BCUT2D eigenvalue weighted by Gasteiger charge is 2.36. The van der Waals surface area contributed by atoms with Crippen molar-refractivity contribution in [2.24, 2.45) is 0 Å². The number of quaternary nitrogens is 1. The van der Waals surface area contributed by atoms with Crippen LogP contribution in [0.2, 0.25) is 0 Å². The van der Waals surface area contributed by atoms with Gasteiger partial charge in [0.15, 0.2) is 11.6 Å². The molecule has 3 rings (SSSR count). The number of rotatable bonds is 8. The van der Waals surface area contributed by atoms with Gasteiger partial charge in [-0.15, -0.1) is 0 Å². The number of hydrogen-bond acceptors (Lipinski definition) is 5. The minimum Gasteiger partial charge on any atom is -0.494 e. The van der Waals surface area contributed by atoms with E-state index >= 15 is 0 Å². The highest BCUT2D eigenvalue weighted by Crippen LogP contribution is 2.27. The normalized spacial score (nSPS) is 17.2. The molecule has 1 aromatic heterocycles. The molecule has 0 aliphatic carbocycles. The maximum Gasteiger partial charge on any atom is 0.338 e. The quantitative estimate of drug-likeness (QED) is 0.562. The monoisotopic (exact) mass is 418 g/mol. The van der Waals surface area contributed by atoms with Crippen molar-refractivity contribution >= 4 is 12.0 Å². The van der Waals surface area contributed by atoms with Crippen LogP contribution in [-0.4, -0.2) is 39.3 Å². The van der Waals surface area contributed by atoms with Crippen molar-refractivity contribution in [3.05, 3.63) is 65.0 Å². The van der Waals surface area contributed by atoms with Gasteiger partial charge in [0.2, 0.25) is 0 Å². The van der Waals surface area contributed by atoms with E-state index < -0.39 is 23.9 Å². The zero-order valence-electron chi connectivity index (χ0n) is 17.1. The Labute approximate surface area is 173 Å². The maximum atomic E-state index is 14.0. The van der Waals surface area contributed by atoms with Gasteiger partial charge in [-0.05, 0) is 37.3 Å². The molecule has 3 N–H and O–H groups in total. The number of carbonyl (C=O) groups excluding carboxylic acids is 2. The number of ether oxygens (including phenoxy) is 2. The lowest BCUT2D eigenvalue weighted by Gasteiger charge is -2.28. The third kappa shape index (κ3) is 4.80. The van der Waals surface area contributed by atoms with Crippen molar-refractivity contribution in [1.29, 1.82) is 0 Å². The summed E-state index contributed by atoms with van der Waals surface area (Å²) in [6.45, 7) is 2.69. The number of benzene rings is 1. The molecule has 1 aliphatic rings. The summed E-state index contributed by atoms with van der Waals surface area (Å²) in [7, 11) is 3.29. The first-order valence-corrected chi connectivity index (χ1v) is 9.57. The molecular weight excluding hydrogens is 393 g/mol. The van der Waals surface area contributed by atoms with Crippen LogP contribution < -0.4 is 20.3 Å². The fourth-order valence-electron chi connectivity index (χ4n) is 3.41. The van der Waals surface area contributed by atoms with Crippen LogP contribution in [0.1, 0.15) is 24.3 Å². The number of urea groups is 1. The minimum absolute atomic E-state index is 0.176. The Kier molecular flexibility index (Phi) is 6.73. The summed E-state index contributed by atoms with van der Waals surface area (Å²) in [6.07, 6.45) is 1.47. The van der Waals surface area contributed by atoms with Gasteiger partial charge in [-0.2, -0.15) is 0 Å².